The molecule has 0 aliphatic carbocycles. The minimum absolute atomic E-state index is 0.217. The minimum Gasteiger partial charge on any atom is -0.426 e. The van der Waals surface area contributed by atoms with Gasteiger partial charge in [-0.3, -0.25) is 4.79 Å². The Kier molecular flexibility index (Phi) is 4.91. The molecule has 1 aromatic carbocycles. The number of alkyl halides is 3. The zero-order chi connectivity index (χ0) is 17.3. The second kappa shape index (κ2) is 5.87. The van der Waals surface area contributed by atoms with Crippen LogP contribution in [0, 0.1) is 11.2 Å². The smallest absolute Gasteiger partial charge is 0.421 e. The van der Waals surface area contributed by atoms with Crippen molar-refractivity contribution in [2.75, 3.05) is 0 Å². The molecule has 22 heavy (non-hydrogen) atoms. The third-order valence-corrected chi connectivity index (χ3v) is 3.66. The van der Waals surface area contributed by atoms with Gasteiger partial charge in [0.05, 0.1) is 5.41 Å². The number of aliphatic hydroxyl groups is 1. The Morgan fingerprint density at radius 3 is 2.18 bits per heavy atom. The van der Waals surface area contributed by atoms with Gasteiger partial charge < -0.3 is 9.84 Å². The summed E-state index contributed by atoms with van der Waals surface area (Å²) in [5, 5.41) is 9.47. The predicted octanol–water partition coefficient (Wildman–Crippen LogP) is 3.94. The number of hydrogen-bond donors (Lipinski definition) is 1. The van der Waals surface area contributed by atoms with Crippen LogP contribution in [0.25, 0.3) is 0 Å². The lowest BCUT2D eigenvalue weighted by atomic mass is 9.90. The van der Waals surface area contributed by atoms with Gasteiger partial charge in [-0.05, 0) is 39.3 Å². The minimum atomic E-state index is -5.03. The second-order valence-corrected chi connectivity index (χ2v) is 5.84. The summed E-state index contributed by atoms with van der Waals surface area (Å²) in [5.74, 6) is -2.14. The molecule has 1 atom stereocenters. The molecule has 1 N–H and O–H groups in total. The van der Waals surface area contributed by atoms with Crippen molar-refractivity contribution in [3.63, 3.8) is 0 Å². The quantitative estimate of drug-likeness (QED) is 0.519. The van der Waals surface area contributed by atoms with E-state index in [-0.39, 0.29) is 5.75 Å². The lowest BCUT2D eigenvalue weighted by Gasteiger charge is -2.27. The Hall–Kier alpha value is -1.63. The van der Waals surface area contributed by atoms with Crippen molar-refractivity contribution in [1.82, 2.24) is 0 Å². The molecule has 0 spiro atoms. The van der Waals surface area contributed by atoms with Crippen LogP contribution in [0.5, 0.6) is 5.75 Å². The molecule has 0 aliphatic rings. The molecule has 0 heterocycles. The Labute approximate surface area is 125 Å². The Morgan fingerprint density at radius 2 is 1.77 bits per heavy atom. The first-order valence-electron chi connectivity index (χ1n) is 6.64. The van der Waals surface area contributed by atoms with Crippen LogP contribution < -0.4 is 4.74 Å². The number of carbonyl (C=O) groups is 1. The summed E-state index contributed by atoms with van der Waals surface area (Å²) < 4.78 is 56.9. The molecule has 124 valence electrons. The molecule has 0 aliphatic heterocycles. The van der Waals surface area contributed by atoms with E-state index in [9.17, 15) is 27.5 Å². The third-order valence-electron chi connectivity index (χ3n) is 3.66. The van der Waals surface area contributed by atoms with Crippen molar-refractivity contribution in [3.05, 3.63) is 29.6 Å². The van der Waals surface area contributed by atoms with Gasteiger partial charge in [0.15, 0.2) is 5.60 Å². The average molecular weight is 322 g/mol. The SMILES string of the molecule is CCC(C)(C)C(=O)Oc1ccc(C(C)(O)C(F)(F)F)c(F)c1. The highest BCUT2D eigenvalue weighted by Gasteiger charge is 2.52. The van der Waals surface area contributed by atoms with Gasteiger partial charge in [0.25, 0.3) is 0 Å². The molecule has 0 radical (unpaired) electrons. The molecule has 1 unspecified atom stereocenters. The maximum atomic E-state index is 13.9. The van der Waals surface area contributed by atoms with E-state index in [2.05, 4.69) is 0 Å². The Balaban J connectivity index is 3.08. The highest BCUT2D eigenvalue weighted by molar-refractivity contribution is 5.78. The molecule has 7 heteroatoms. The van der Waals surface area contributed by atoms with Gasteiger partial charge in [-0.2, -0.15) is 13.2 Å². The number of rotatable bonds is 4. The van der Waals surface area contributed by atoms with E-state index in [1.54, 1.807) is 20.8 Å². The number of carbonyl (C=O) groups excluding carboxylic acids is 1. The predicted molar refractivity (Wildman–Crippen MR) is 71.7 cm³/mol. The van der Waals surface area contributed by atoms with Crippen molar-refractivity contribution < 1.29 is 32.2 Å². The third kappa shape index (κ3) is 3.58. The molecular formula is C15H18F4O3. The number of ether oxygens (including phenoxy) is 1. The van der Waals surface area contributed by atoms with Crippen LogP contribution in [0.1, 0.15) is 39.7 Å². The summed E-state index contributed by atoms with van der Waals surface area (Å²) in [5.41, 5.74) is -5.07. The van der Waals surface area contributed by atoms with Gasteiger partial charge >= 0.3 is 12.1 Å². The molecule has 0 saturated carbocycles. The van der Waals surface area contributed by atoms with Crippen LogP contribution in [0.15, 0.2) is 18.2 Å². The maximum Gasteiger partial charge on any atom is 0.421 e. The number of halogens is 4. The fourth-order valence-electron chi connectivity index (χ4n) is 1.50. The highest BCUT2D eigenvalue weighted by atomic mass is 19.4. The molecule has 0 bridgehead atoms. The van der Waals surface area contributed by atoms with Gasteiger partial charge in [0.2, 0.25) is 0 Å². The van der Waals surface area contributed by atoms with Gasteiger partial charge in [-0.1, -0.05) is 6.92 Å². The summed E-state index contributed by atoms with van der Waals surface area (Å²) >= 11 is 0. The molecule has 1 rings (SSSR count). The van der Waals surface area contributed by atoms with Gasteiger partial charge in [-0.15, -0.1) is 0 Å². The summed E-state index contributed by atoms with van der Waals surface area (Å²) in [6, 6.07) is 2.42. The number of esters is 1. The molecule has 1 aromatic rings. The van der Waals surface area contributed by atoms with Crippen LogP contribution in [-0.4, -0.2) is 17.3 Å². The molecule has 0 amide bonds. The average Bonchev–Trinajstić information content (AvgIpc) is 2.37. The van der Waals surface area contributed by atoms with Crippen LogP contribution in [0.2, 0.25) is 0 Å². The molecule has 0 saturated heterocycles. The van der Waals surface area contributed by atoms with Gasteiger partial charge in [0, 0.05) is 11.6 Å². The first-order valence-corrected chi connectivity index (χ1v) is 6.64. The molecule has 0 aromatic heterocycles. The van der Waals surface area contributed by atoms with Crippen molar-refractivity contribution >= 4 is 5.97 Å². The standard InChI is InChI=1S/C15H18F4O3/c1-5-13(2,3)12(20)22-9-6-7-10(11(16)8-9)14(4,21)15(17,18)19/h6-8,21H,5H2,1-4H3. The maximum absolute atomic E-state index is 13.9. The van der Waals surface area contributed by atoms with Crippen molar-refractivity contribution in [1.29, 1.82) is 0 Å². The van der Waals surface area contributed by atoms with Crippen molar-refractivity contribution in [2.45, 2.75) is 45.9 Å². The van der Waals surface area contributed by atoms with Crippen molar-refractivity contribution in [3.8, 4) is 5.75 Å². The van der Waals surface area contributed by atoms with E-state index in [1.807, 2.05) is 0 Å². The van der Waals surface area contributed by atoms with E-state index in [4.69, 9.17) is 4.74 Å². The first-order chi connectivity index (χ1) is 9.83. The first kappa shape index (κ1) is 18.4. The van der Waals surface area contributed by atoms with E-state index in [0.717, 1.165) is 12.1 Å². The van der Waals surface area contributed by atoms with Gasteiger partial charge in [0.1, 0.15) is 11.6 Å². The van der Waals surface area contributed by atoms with Crippen LogP contribution in [-0.2, 0) is 10.4 Å². The number of hydrogen-bond acceptors (Lipinski definition) is 3. The number of benzene rings is 1. The fourth-order valence-corrected chi connectivity index (χ4v) is 1.50. The normalized spacial score (nSPS) is 15.3. The van der Waals surface area contributed by atoms with Crippen LogP contribution in [0.4, 0.5) is 17.6 Å². The van der Waals surface area contributed by atoms with E-state index >= 15 is 0 Å². The topological polar surface area (TPSA) is 46.5 Å². The molecule has 3 nitrogen and oxygen atoms in total. The zero-order valence-electron chi connectivity index (χ0n) is 12.7. The second-order valence-electron chi connectivity index (χ2n) is 5.84. The summed E-state index contributed by atoms with van der Waals surface area (Å²) in [7, 11) is 0. The van der Waals surface area contributed by atoms with Gasteiger partial charge in [-0.25, -0.2) is 4.39 Å². The van der Waals surface area contributed by atoms with E-state index in [0.29, 0.717) is 19.4 Å². The largest absolute Gasteiger partial charge is 0.426 e. The summed E-state index contributed by atoms with van der Waals surface area (Å²) in [6.45, 7) is 5.49. The Bertz CT molecular complexity index is 562. The van der Waals surface area contributed by atoms with Crippen LogP contribution >= 0.6 is 0 Å². The molecular weight excluding hydrogens is 304 g/mol. The molecule has 0 fully saturated rings. The lowest BCUT2D eigenvalue weighted by molar-refractivity contribution is -0.259. The van der Waals surface area contributed by atoms with Crippen molar-refractivity contribution in [2.24, 2.45) is 5.41 Å². The van der Waals surface area contributed by atoms with E-state index in [1.165, 1.54) is 0 Å². The summed E-state index contributed by atoms with van der Waals surface area (Å²) in [6.07, 6.45) is -4.55. The lowest BCUT2D eigenvalue weighted by Crippen LogP contribution is -2.40. The van der Waals surface area contributed by atoms with Crippen LogP contribution in [0.3, 0.4) is 0 Å². The highest BCUT2D eigenvalue weighted by Crippen LogP contribution is 2.40. The van der Waals surface area contributed by atoms with E-state index < -0.39 is 34.5 Å². The zero-order valence-corrected chi connectivity index (χ0v) is 12.7. The monoisotopic (exact) mass is 322 g/mol. The Morgan fingerprint density at radius 1 is 1.23 bits per heavy atom. The summed E-state index contributed by atoms with van der Waals surface area (Å²) in [4.78, 5) is 11.8. The fraction of sp³-hybridized carbons (Fsp3) is 0.533.